The summed E-state index contributed by atoms with van der Waals surface area (Å²) in [6.07, 6.45) is -0.980. The molecule has 4 N–H and O–H groups in total. The van der Waals surface area contributed by atoms with E-state index in [1.165, 1.54) is 31.2 Å². The van der Waals surface area contributed by atoms with E-state index in [2.05, 4.69) is 0 Å². The van der Waals surface area contributed by atoms with E-state index in [0.29, 0.717) is 6.42 Å². The minimum Gasteiger partial charge on any atom is -0.481 e. The third-order valence-electron chi connectivity index (χ3n) is 7.13. The van der Waals surface area contributed by atoms with Crippen molar-refractivity contribution < 1.29 is 32.7 Å². The third-order valence-corrected chi connectivity index (χ3v) is 8.49. The Hall–Kier alpha value is -4.09. The molecule has 2 unspecified atom stereocenters. The van der Waals surface area contributed by atoms with Gasteiger partial charge in [0.25, 0.3) is 21.8 Å². The van der Waals surface area contributed by atoms with Crippen molar-refractivity contribution in [2.75, 3.05) is 0 Å². The van der Waals surface area contributed by atoms with Gasteiger partial charge in [-0.1, -0.05) is 62.7 Å². The van der Waals surface area contributed by atoms with Gasteiger partial charge in [0.05, 0.1) is 34.0 Å². The maximum Gasteiger partial charge on any atom is 0.307 e. The molecule has 39 heavy (non-hydrogen) atoms. The molecule has 4 rings (SSSR count). The van der Waals surface area contributed by atoms with Gasteiger partial charge in [0, 0.05) is 5.92 Å². The Bertz CT molecular complexity index is 1500. The molecule has 0 saturated heterocycles. The predicted molar refractivity (Wildman–Crippen MR) is 143 cm³/mol. The number of amides is 3. The van der Waals surface area contributed by atoms with E-state index in [1.54, 1.807) is 49.4 Å². The first-order valence-electron chi connectivity index (χ1n) is 12.5. The molecule has 4 atom stereocenters. The Kier molecular flexibility index (Phi) is 7.84. The van der Waals surface area contributed by atoms with Crippen LogP contribution in [0.4, 0.5) is 0 Å². The topological polar surface area (TPSA) is 164 Å². The summed E-state index contributed by atoms with van der Waals surface area (Å²) < 4.78 is 27.5. The number of rotatable bonds is 10. The van der Waals surface area contributed by atoms with Crippen LogP contribution in [0.2, 0.25) is 0 Å². The van der Waals surface area contributed by atoms with E-state index in [9.17, 15) is 32.7 Å². The van der Waals surface area contributed by atoms with Crippen LogP contribution in [0.3, 0.4) is 0 Å². The molecule has 0 fully saturated rings. The molecule has 1 aliphatic rings. The number of imide groups is 1. The number of carboxylic acids is 1. The Labute approximate surface area is 225 Å². The van der Waals surface area contributed by atoms with Crippen molar-refractivity contribution in [1.29, 1.82) is 0 Å². The van der Waals surface area contributed by atoms with E-state index in [4.69, 9.17) is 5.73 Å². The predicted octanol–water partition coefficient (Wildman–Crippen LogP) is 2.98. The molecule has 10 nitrogen and oxygen atoms in total. The third kappa shape index (κ3) is 5.27. The summed E-state index contributed by atoms with van der Waals surface area (Å²) in [5.74, 6) is -7.61. The Morgan fingerprint density at radius 1 is 0.949 bits per heavy atom. The average molecular weight is 552 g/mol. The van der Waals surface area contributed by atoms with Crippen molar-refractivity contribution in [3.8, 4) is 0 Å². The number of benzene rings is 3. The molecular formula is C28H29N3O7S. The summed E-state index contributed by atoms with van der Waals surface area (Å²) in [7, 11) is -4.26. The highest BCUT2D eigenvalue weighted by Crippen LogP contribution is 2.34. The molecule has 3 aromatic rings. The monoisotopic (exact) mass is 551 g/mol. The lowest BCUT2D eigenvalue weighted by Gasteiger charge is -2.34. The smallest absolute Gasteiger partial charge is 0.307 e. The van der Waals surface area contributed by atoms with Crippen LogP contribution >= 0.6 is 0 Å². The largest absolute Gasteiger partial charge is 0.481 e. The van der Waals surface area contributed by atoms with Gasteiger partial charge in [-0.25, -0.2) is 13.1 Å². The minimum absolute atomic E-state index is 0.0394. The van der Waals surface area contributed by atoms with Gasteiger partial charge in [-0.05, 0) is 41.5 Å². The van der Waals surface area contributed by atoms with E-state index in [1.807, 2.05) is 4.72 Å². The van der Waals surface area contributed by atoms with Gasteiger partial charge in [-0.2, -0.15) is 0 Å². The quantitative estimate of drug-likeness (QED) is 0.324. The second-order valence-electron chi connectivity index (χ2n) is 9.62. The maximum absolute atomic E-state index is 13.3. The number of nitrogens with one attached hydrogen (secondary N) is 1. The first-order chi connectivity index (χ1) is 18.5. The number of hydrogen-bond donors (Lipinski definition) is 3. The standard InChI is InChI=1S/C28H29N3O7S/c1-3-9-20(25(32)30-39(37,38)19-12-5-4-6-13-19)23(28(35)36)16(2)24(29)31-26(33)21-14-17-10-7-8-11-18(17)15-22(21)27(31)34/h4-8,10-16,20,23-24H,3,9,29H2,1-2H3,(H,30,32)(H,35,36)/t16?,20-,23+,24?/m0/s1. The van der Waals surface area contributed by atoms with Crippen molar-refractivity contribution in [2.24, 2.45) is 23.5 Å². The second kappa shape index (κ2) is 11.0. The van der Waals surface area contributed by atoms with Crippen molar-refractivity contribution in [2.45, 2.75) is 37.8 Å². The molecule has 0 bridgehead atoms. The van der Waals surface area contributed by atoms with Crippen LogP contribution in [-0.4, -0.2) is 48.3 Å². The molecule has 1 aliphatic heterocycles. The van der Waals surface area contributed by atoms with Crippen molar-refractivity contribution in [3.63, 3.8) is 0 Å². The van der Waals surface area contributed by atoms with Crippen LogP contribution in [0, 0.1) is 17.8 Å². The number of nitrogens with zero attached hydrogens (tertiary/aromatic N) is 1. The zero-order chi connectivity index (χ0) is 28.5. The zero-order valence-corrected chi connectivity index (χ0v) is 22.2. The highest BCUT2D eigenvalue weighted by Gasteiger charge is 2.46. The molecule has 1 heterocycles. The normalized spacial score (nSPS) is 16.4. The second-order valence-corrected chi connectivity index (χ2v) is 11.3. The summed E-state index contributed by atoms with van der Waals surface area (Å²) in [5, 5.41) is 11.7. The Morgan fingerprint density at radius 2 is 1.46 bits per heavy atom. The molecule has 204 valence electrons. The molecule has 0 saturated carbocycles. The maximum atomic E-state index is 13.3. The molecule has 3 aromatic carbocycles. The highest BCUT2D eigenvalue weighted by atomic mass is 32.2. The lowest BCUT2D eigenvalue weighted by Crippen LogP contribution is -2.54. The van der Waals surface area contributed by atoms with Gasteiger partial charge in [0.15, 0.2) is 0 Å². The Morgan fingerprint density at radius 3 is 1.95 bits per heavy atom. The molecule has 0 aromatic heterocycles. The van der Waals surface area contributed by atoms with Crippen LogP contribution < -0.4 is 10.5 Å². The van der Waals surface area contributed by atoms with Gasteiger partial charge in [0.1, 0.15) is 0 Å². The fraction of sp³-hybridized carbons (Fsp3) is 0.286. The molecule has 0 aliphatic carbocycles. The molecule has 3 amide bonds. The van der Waals surface area contributed by atoms with Gasteiger partial charge in [-0.3, -0.25) is 24.1 Å². The van der Waals surface area contributed by atoms with Crippen LogP contribution in [0.15, 0.2) is 71.6 Å². The number of sulfonamides is 1. The summed E-state index contributed by atoms with van der Waals surface area (Å²) >= 11 is 0. The summed E-state index contributed by atoms with van der Waals surface area (Å²) in [6.45, 7) is 3.16. The van der Waals surface area contributed by atoms with Crippen molar-refractivity contribution in [1.82, 2.24) is 9.62 Å². The van der Waals surface area contributed by atoms with E-state index >= 15 is 0 Å². The van der Waals surface area contributed by atoms with Gasteiger partial charge >= 0.3 is 5.97 Å². The number of aliphatic carboxylic acids is 1. The minimum atomic E-state index is -4.26. The fourth-order valence-electron chi connectivity index (χ4n) is 5.08. The Balaban J connectivity index is 1.63. The van der Waals surface area contributed by atoms with Crippen LogP contribution in [-0.2, 0) is 19.6 Å². The first-order valence-corrected chi connectivity index (χ1v) is 14.0. The van der Waals surface area contributed by atoms with E-state index in [0.717, 1.165) is 15.7 Å². The number of hydrogen-bond acceptors (Lipinski definition) is 7. The fourth-order valence-corrected chi connectivity index (χ4v) is 6.13. The number of fused-ring (bicyclic) bond motifs is 2. The van der Waals surface area contributed by atoms with Crippen molar-refractivity contribution >= 4 is 44.5 Å². The lowest BCUT2D eigenvalue weighted by atomic mass is 9.78. The summed E-state index contributed by atoms with van der Waals surface area (Å²) in [4.78, 5) is 52.9. The SMILES string of the molecule is CCC[C@H](C(=O)NS(=O)(=O)c1ccccc1)[C@H](C(=O)O)C(C)C(N)N1C(=O)c2cc3ccccc3cc2C1=O. The van der Waals surface area contributed by atoms with Crippen LogP contribution in [0.5, 0.6) is 0 Å². The highest BCUT2D eigenvalue weighted by molar-refractivity contribution is 7.90. The summed E-state index contributed by atoms with van der Waals surface area (Å²) in [6, 6.07) is 17.6. The first kappa shape index (κ1) is 27.9. The molecule has 0 radical (unpaired) electrons. The van der Waals surface area contributed by atoms with Gasteiger partial charge < -0.3 is 10.8 Å². The average Bonchev–Trinajstić information content (AvgIpc) is 3.15. The number of carbonyl (C=O) groups is 4. The summed E-state index contributed by atoms with van der Waals surface area (Å²) in [5.41, 5.74) is 6.69. The molecule has 0 spiro atoms. The lowest BCUT2D eigenvalue weighted by molar-refractivity contribution is -0.150. The molecular weight excluding hydrogens is 522 g/mol. The van der Waals surface area contributed by atoms with E-state index < -0.39 is 57.6 Å². The zero-order valence-electron chi connectivity index (χ0n) is 21.4. The molecule has 11 heteroatoms. The van der Waals surface area contributed by atoms with Gasteiger partial charge in [0.2, 0.25) is 5.91 Å². The number of carboxylic acid groups (broad SMARTS) is 1. The van der Waals surface area contributed by atoms with Crippen LogP contribution in [0.25, 0.3) is 10.8 Å². The van der Waals surface area contributed by atoms with Crippen LogP contribution in [0.1, 0.15) is 47.4 Å². The number of carbonyl (C=O) groups excluding carboxylic acids is 3. The van der Waals surface area contributed by atoms with Gasteiger partial charge in [-0.15, -0.1) is 0 Å². The van der Waals surface area contributed by atoms with Crippen molar-refractivity contribution in [3.05, 3.63) is 77.9 Å². The number of nitrogens with two attached hydrogens (primary N) is 1. The van der Waals surface area contributed by atoms with E-state index in [-0.39, 0.29) is 22.4 Å².